The maximum absolute atomic E-state index is 13.0. The second-order valence-electron chi connectivity index (χ2n) is 15.6. The predicted octanol–water partition coefficient (Wildman–Crippen LogP) is 12.6. The highest BCUT2D eigenvalue weighted by atomic mass is 16.5. The topological polar surface area (TPSA) is 81.7 Å². The quantitative estimate of drug-likeness (QED) is 0.0517. The predicted molar refractivity (Wildman–Crippen MR) is 208 cm³/mol. The van der Waals surface area contributed by atoms with Crippen LogP contribution < -0.4 is 5.32 Å². The maximum atomic E-state index is 13.0. The van der Waals surface area contributed by atoms with Crippen molar-refractivity contribution in [3.05, 3.63) is 0 Å². The van der Waals surface area contributed by atoms with Crippen LogP contribution in [0.5, 0.6) is 0 Å². The molecule has 0 radical (unpaired) electrons. The van der Waals surface area contributed by atoms with Gasteiger partial charge in [-0.15, -0.1) is 0 Å². The van der Waals surface area contributed by atoms with E-state index in [2.05, 4.69) is 39.9 Å². The third kappa shape index (κ3) is 36.0. The van der Waals surface area contributed by atoms with Crippen LogP contribution in [0, 0.1) is 11.8 Å². The monoisotopic (exact) mass is 694 g/mol. The molecule has 0 unspecified atom stereocenters. The standard InChI is InChI=1S/C43H83NO5/c1-6-7-8-9-10-11-18-23-28-33-41(45)44-40(43(47)49-37-30-25-20-15-13-17-22-27-32-39(4)5)34-35-42(46)48-36-29-24-19-14-12-16-21-26-31-38(2)3/h38-40H,6-37H2,1-5H3,(H,44,45)/t40-/m0/s1. The van der Waals surface area contributed by atoms with Crippen LogP contribution in [0.2, 0.25) is 0 Å². The summed E-state index contributed by atoms with van der Waals surface area (Å²) in [4.78, 5) is 38.2. The number of carbonyl (C=O) groups excluding carboxylic acids is 3. The Kier molecular flexibility index (Phi) is 35.0. The van der Waals surface area contributed by atoms with E-state index in [0.29, 0.717) is 19.6 Å². The van der Waals surface area contributed by atoms with Gasteiger partial charge in [-0.2, -0.15) is 0 Å². The molecule has 0 saturated heterocycles. The first kappa shape index (κ1) is 47.4. The van der Waals surface area contributed by atoms with Crippen molar-refractivity contribution in [2.24, 2.45) is 11.8 Å². The van der Waals surface area contributed by atoms with Crippen LogP contribution in [0.1, 0.15) is 227 Å². The lowest BCUT2D eigenvalue weighted by Gasteiger charge is -2.18. The Bertz CT molecular complexity index is 753. The van der Waals surface area contributed by atoms with E-state index >= 15 is 0 Å². The van der Waals surface area contributed by atoms with Gasteiger partial charge < -0.3 is 14.8 Å². The Labute approximate surface area is 304 Å². The number of hydrogen-bond acceptors (Lipinski definition) is 5. The first-order valence-corrected chi connectivity index (χ1v) is 21.4. The normalized spacial score (nSPS) is 12.1. The molecule has 0 bridgehead atoms. The molecule has 6 heteroatoms. The zero-order chi connectivity index (χ0) is 36.2. The van der Waals surface area contributed by atoms with Crippen molar-refractivity contribution >= 4 is 17.8 Å². The SMILES string of the molecule is CCCCCCCCCCCC(=O)N[C@@H](CCC(=O)OCCCCCCCCCCC(C)C)C(=O)OCCCCCCCCCCC(C)C. The Morgan fingerprint density at radius 1 is 0.449 bits per heavy atom. The minimum Gasteiger partial charge on any atom is -0.466 e. The highest BCUT2D eigenvalue weighted by Crippen LogP contribution is 2.15. The van der Waals surface area contributed by atoms with Gasteiger partial charge in [-0.3, -0.25) is 9.59 Å². The molecule has 1 N–H and O–H groups in total. The number of ether oxygens (including phenoxy) is 2. The fraction of sp³-hybridized carbons (Fsp3) is 0.930. The number of carbonyl (C=O) groups is 3. The molecule has 0 spiro atoms. The van der Waals surface area contributed by atoms with Gasteiger partial charge >= 0.3 is 11.9 Å². The van der Waals surface area contributed by atoms with E-state index in [1.54, 1.807) is 0 Å². The van der Waals surface area contributed by atoms with Gasteiger partial charge in [0, 0.05) is 12.8 Å². The van der Waals surface area contributed by atoms with E-state index in [9.17, 15) is 14.4 Å². The molecule has 0 aliphatic heterocycles. The van der Waals surface area contributed by atoms with Gasteiger partial charge in [0.2, 0.25) is 5.91 Å². The van der Waals surface area contributed by atoms with Crippen molar-refractivity contribution in [1.82, 2.24) is 5.32 Å². The van der Waals surface area contributed by atoms with Crippen LogP contribution >= 0.6 is 0 Å². The molecule has 1 amide bonds. The molecule has 0 saturated carbocycles. The van der Waals surface area contributed by atoms with Gasteiger partial charge in [-0.25, -0.2) is 4.79 Å². The smallest absolute Gasteiger partial charge is 0.328 e. The van der Waals surface area contributed by atoms with Crippen molar-refractivity contribution in [2.45, 2.75) is 233 Å². The molecule has 49 heavy (non-hydrogen) atoms. The van der Waals surface area contributed by atoms with Crippen molar-refractivity contribution < 1.29 is 23.9 Å². The fourth-order valence-corrected chi connectivity index (χ4v) is 6.34. The van der Waals surface area contributed by atoms with Crippen LogP contribution in [0.3, 0.4) is 0 Å². The summed E-state index contributed by atoms with van der Waals surface area (Å²) in [6.45, 7) is 12.2. The molecule has 0 aliphatic rings. The zero-order valence-corrected chi connectivity index (χ0v) is 33.4. The lowest BCUT2D eigenvalue weighted by Crippen LogP contribution is -2.42. The summed E-state index contributed by atoms with van der Waals surface area (Å²) in [5.41, 5.74) is 0. The second-order valence-corrected chi connectivity index (χ2v) is 15.6. The summed E-state index contributed by atoms with van der Waals surface area (Å²) in [6.07, 6.45) is 33.2. The number of nitrogens with one attached hydrogen (secondary N) is 1. The van der Waals surface area contributed by atoms with E-state index < -0.39 is 12.0 Å². The molecule has 0 aromatic carbocycles. The third-order valence-corrected chi connectivity index (χ3v) is 9.62. The highest BCUT2D eigenvalue weighted by Gasteiger charge is 2.23. The second kappa shape index (κ2) is 36.2. The van der Waals surface area contributed by atoms with Crippen LogP contribution in [0.25, 0.3) is 0 Å². The summed E-state index contributed by atoms with van der Waals surface area (Å²) in [6, 6.07) is -0.801. The minimum atomic E-state index is -0.801. The van der Waals surface area contributed by atoms with Gasteiger partial charge in [-0.1, -0.05) is 189 Å². The molecule has 290 valence electrons. The third-order valence-electron chi connectivity index (χ3n) is 9.62. The molecule has 0 heterocycles. The van der Waals surface area contributed by atoms with E-state index in [-0.39, 0.29) is 24.7 Å². The van der Waals surface area contributed by atoms with Gasteiger partial charge in [0.25, 0.3) is 0 Å². The highest BCUT2D eigenvalue weighted by molar-refractivity contribution is 5.85. The molecule has 0 fully saturated rings. The molecular formula is C43H83NO5. The van der Waals surface area contributed by atoms with Gasteiger partial charge in [0.15, 0.2) is 0 Å². The summed E-state index contributed by atoms with van der Waals surface area (Å²) in [5, 5.41) is 2.88. The Hall–Kier alpha value is -1.59. The number of hydrogen-bond donors (Lipinski definition) is 1. The molecule has 1 atom stereocenters. The van der Waals surface area contributed by atoms with E-state index in [1.807, 2.05) is 0 Å². The fourth-order valence-electron chi connectivity index (χ4n) is 6.34. The largest absolute Gasteiger partial charge is 0.466 e. The van der Waals surface area contributed by atoms with E-state index in [0.717, 1.165) is 63.2 Å². The minimum absolute atomic E-state index is 0.103. The molecule has 0 aliphatic carbocycles. The molecule has 0 rings (SSSR count). The van der Waals surface area contributed by atoms with Crippen molar-refractivity contribution in [2.75, 3.05) is 13.2 Å². The lowest BCUT2D eigenvalue weighted by molar-refractivity contribution is -0.149. The number of esters is 2. The first-order chi connectivity index (χ1) is 23.8. The Morgan fingerprint density at radius 2 is 0.837 bits per heavy atom. The molecule has 0 aromatic heterocycles. The summed E-state index contributed by atoms with van der Waals surface area (Å²) in [5.74, 6) is 0.737. The Balaban J connectivity index is 4.35. The molecular weight excluding hydrogens is 610 g/mol. The summed E-state index contributed by atoms with van der Waals surface area (Å²) >= 11 is 0. The van der Waals surface area contributed by atoms with Gasteiger partial charge in [0.1, 0.15) is 6.04 Å². The number of unbranched alkanes of at least 4 members (excludes halogenated alkanes) is 22. The summed E-state index contributed by atoms with van der Waals surface area (Å²) < 4.78 is 11.1. The first-order valence-electron chi connectivity index (χ1n) is 21.4. The van der Waals surface area contributed by atoms with Crippen molar-refractivity contribution in [3.63, 3.8) is 0 Å². The van der Waals surface area contributed by atoms with Gasteiger partial charge in [-0.05, 0) is 37.5 Å². The van der Waals surface area contributed by atoms with E-state index in [1.165, 1.54) is 122 Å². The zero-order valence-electron chi connectivity index (χ0n) is 33.4. The van der Waals surface area contributed by atoms with Crippen LogP contribution in [0.4, 0.5) is 0 Å². The molecule has 0 aromatic rings. The van der Waals surface area contributed by atoms with Crippen molar-refractivity contribution in [3.8, 4) is 0 Å². The van der Waals surface area contributed by atoms with E-state index in [4.69, 9.17) is 9.47 Å². The van der Waals surface area contributed by atoms with Crippen molar-refractivity contribution in [1.29, 1.82) is 0 Å². The Morgan fingerprint density at radius 3 is 1.29 bits per heavy atom. The van der Waals surface area contributed by atoms with Crippen LogP contribution in [-0.4, -0.2) is 37.1 Å². The summed E-state index contributed by atoms with van der Waals surface area (Å²) in [7, 11) is 0. The average Bonchev–Trinajstić information content (AvgIpc) is 3.06. The number of rotatable bonds is 37. The van der Waals surface area contributed by atoms with Crippen LogP contribution in [0.15, 0.2) is 0 Å². The molecule has 6 nitrogen and oxygen atoms in total. The van der Waals surface area contributed by atoms with Gasteiger partial charge in [0.05, 0.1) is 13.2 Å². The van der Waals surface area contributed by atoms with Crippen LogP contribution in [-0.2, 0) is 23.9 Å². The maximum Gasteiger partial charge on any atom is 0.328 e. The average molecular weight is 694 g/mol. The lowest BCUT2D eigenvalue weighted by atomic mass is 10.0. The number of amides is 1.